The number of hydrogen-bond acceptors (Lipinski definition) is 1. The molecule has 0 heterocycles. The summed E-state index contributed by atoms with van der Waals surface area (Å²) in [5.74, 6) is 3.33. The van der Waals surface area contributed by atoms with Crippen LogP contribution in [0.2, 0.25) is 0 Å². The molecule has 1 heteroatoms. The van der Waals surface area contributed by atoms with Gasteiger partial charge in [0.2, 0.25) is 0 Å². The van der Waals surface area contributed by atoms with Crippen LogP contribution in [-0.2, 0) is 0 Å². The Balaban J connectivity index is 2.11. The van der Waals surface area contributed by atoms with Crippen molar-refractivity contribution in [3.63, 3.8) is 0 Å². The maximum absolute atomic E-state index is 5.57. The summed E-state index contributed by atoms with van der Waals surface area (Å²) in [7, 11) is 0. The molecule has 0 spiro atoms. The van der Waals surface area contributed by atoms with Crippen LogP contribution in [0, 0.1) is 12.3 Å². The van der Waals surface area contributed by atoms with E-state index in [9.17, 15) is 0 Å². The van der Waals surface area contributed by atoms with Crippen LogP contribution < -0.4 is 4.74 Å². The minimum Gasteiger partial charge on any atom is -0.481 e. The molecule has 0 saturated heterocycles. The normalized spacial score (nSPS) is 11.2. The first kappa shape index (κ1) is 11.1. The van der Waals surface area contributed by atoms with E-state index in [4.69, 9.17) is 11.2 Å². The largest absolute Gasteiger partial charge is 0.481 e. The summed E-state index contributed by atoms with van der Waals surface area (Å²) in [5, 5.41) is 7.56. The third-order valence-corrected chi connectivity index (χ3v) is 3.76. The molecule has 0 unspecified atom stereocenters. The molecule has 0 aromatic heterocycles. The minimum atomic E-state index is 0.299. The van der Waals surface area contributed by atoms with Gasteiger partial charge in [0.05, 0.1) is 0 Å². The molecule has 0 aliphatic heterocycles. The van der Waals surface area contributed by atoms with Gasteiger partial charge in [-0.15, -0.1) is 6.42 Å². The lowest BCUT2D eigenvalue weighted by molar-refractivity contribution is 0.371. The lowest BCUT2D eigenvalue weighted by Crippen LogP contribution is -1.93. The molecule has 0 saturated carbocycles. The van der Waals surface area contributed by atoms with E-state index >= 15 is 0 Å². The summed E-state index contributed by atoms with van der Waals surface area (Å²) in [6, 6.07) is 19.2. The predicted molar refractivity (Wildman–Crippen MR) is 84.5 cm³/mol. The first-order valence-corrected chi connectivity index (χ1v) is 6.61. The monoisotopic (exact) mass is 256 g/mol. The lowest BCUT2D eigenvalue weighted by atomic mass is 9.94. The van der Waals surface area contributed by atoms with Gasteiger partial charge in [0, 0.05) is 0 Å². The van der Waals surface area contributed by atoms with Gasteiger partial charge in [-0.2, -0.15) is 0 Å². The Morgan fingerprint density at radius 1 is 0.800 bits per heavy atom. The van der Waals surface area contributed by atoms with Gasteiger partial charge >= 0.3 is 0 Å². The molecule has 20 heavy (non-hydrogen) atoms. The van der Waals surface area contributed by atoms with Crippen molar-refractivity contribution in [1.29, 1.82) is 0 Å². The highest BCUT2D eigenvalue weighted by Gasteiger charge is 2.09. The molecular weight excluding hydrogens is 244 g/mol. The number of terminal acetylenes is 1. The second kappa shape index (κ2) is 4.15. The van der Waals surface area contributed by atoms with Crippen LogP contribution in [0.5, 0.6) is 5.75 Å². The van der Waals surface area contributed by atoms with Crippen LogP contribution in [0.4, 0.5) is 0 Å². The fourth-order valence-electron chi connectivity index (χ4n) is 2.93. The van der Waals surface area contributed by atoms with Crippen LogP contribution >= 0.6 is 0 Å². The van der Waals surface area contributed by atoms with Crippen molar-refractivity contribution in [2.45, 2.75) is 0 Å². The molecule has 4 aromatic rings. The Labute approximate surface area is 117 Å². The molecule has 4 rings (SSSR count). The molecule has 0 aliphatic rings. The van der Waals surface area contributed by atoms with Crippen LogP contribution in [0.25, 0.3) is 32.3 Å². The average molecular weight is 256 g/mol. The fraction of sp³-hybridized carbons (Fsp3) is 0.0526. The fourth-order valence-corrected chi connectivity index (χ4v) is 2.93. The standard InChI is InChI=1S/C19H12O/c1-2-10-20-17-11-15-8-6-13-4-3-5-14-7-9-16(12-17)19(15)18(13)14/h1,3-9,11-12H,10H2. The summed E-state index contributed by atoms with van der Waals surface area (Å²) in [4.78, 5) is 0. The van der Waals surface area contributed by atoms with Gasteiger partial charge in [-0.3, -0.25) is 0 Å². The van der Waals surface area contributed by atoms with Crippen molar-refractivity contribution in [2.75, 3.05) is 6.61 Å². The molecule has 0 N–H and O–H groups in total. The second-order valence-corrected chi connectivity index (χ2v) is 4.95. The molecular formula is C19H12O. The SMILES string of the molecule is C#CCOc1cc2ccc3cccc4ccc(c1)c2c34. The maximum Gasteiger partial charge on any atom is 0.148 e. The minimum absolute atomic E-state index is 0.299. The third kappa shape index (κ3) is 1.52. The van der Waals surface area contributed by atoms with Crippen LogP contribution in [0.3, 0.4) is 0 Å². The van der Waals surface area contributed by atoms with Gasteiger partial charge in [-0.25, -0.2) is 0 Å². The van der Waals surface area contributed by atoms with Crippen molar-refractivity contribution in [2.24, 2.45) is 0 Å². The van der Waals surface area contributed by atoms with Crippen molar-refractivity contribution in [1.82, 2.24) is 0 Å². The Bertz CT molecular complexity index is 896. The summed E-state index contributed by atoms with van der Waals surface area (Å²) in [6.07, 6.45) is 5.25. The van der Waals surface area contributed by atoms with Gasteiger partial charge in [-0.1, -0.05) is 48.4 Å². The molecule has 0 radical (unpaired) electrons. The number of ether oxygens (including phenoxy) is 1. The Kier molecular flexibility index (Phi) is 2.31. The molecule has 1 nitrogen and oxygen atoms in total. The summed E-state index contributed by atoms with van der Waals surface area (Å²) in [5.41, 5.74) is 0. The zero-order valence-corrected chi connectivity index (χ0v) is 10.9. The van der Waals surface area contributed by atoms with E-state index in [-0.39, 0.29) is 0 Å². The first-order chi connectivity index (χ1) is 9.86. The van der Waals surface area contributed by atoms with E-state index in [2.05, 4.69) is 60.5 Å². The van der Waals surface area contributed by atoms with E-state index in [1.807, 2.05) is 0 Å². The molecule has 0 atom stereocenters. The Morgan fingerprint density at radius 2 is 1.35 bits per heavy atom. The highest BCUT2D eigenvalue weighted by atomic mass is 16.5. The van der Waals surface area contributed by atoms with E-state index < -0.39 is 0 Å². The van der Waals surface area contributed by atoms with Gasteiger partial charge in [0.1, 0.15) is 12.4 Å². The maximum atomic E-state index is 5.57. The second-order valence-electron chi connectivity index (χ2n) is 4.95. The molecule has 0 fully saturated rings. The number of rotatable bonds is 2. The lowest BCUT2D eigenvalue weighted by Gasteiger charge is -2.12. The van der Waals surface area contributed by atoms with Crippen LogP contribution in [-0.4, -0.2) is 6.61 Å². The van der Waals surface area contributed by atoms with Crippen LogP contribution in [0.15, 0.2) is 54.6 Å². The molecule has 4 aromatic carbocycles. The topological polar surface area (TPSA) is 9.23 Å². The highest BCUT2D eigenvalue weighted by Crippen LogP contribution is 2.36. The summed E-state index contributed by atoms with van der Waals surface area (Å²) in [6.45, 7) is 0.299. The molecule has 0 bridgehead atoms. The predicted octanol–water partition coefficient (Wildman–Crippen LogP) is 4.60. The zero-order chi connectivity index (χ0) is 13.5. The zero-order valence-electron chi connectivity index (χ0n) is 10.9. The van der Waals surface area contributed by atoms with Crippen LogP contribution in [0.1, 0.15) is 0 Å². The van der Waals surface area contributed by atoms with Crippen molar-refractivity contribution in [3.8, 4) is 18.1 Å². The summed E-state index contributed by atoms with van der Waals surface area (Å²) >= 11 is 0. The Morgan fingerprint density at radius 3 is 1.95 bits per heavy atom. The van der Waals surface area contributed by atoms with Crippen molar-refractivity contribution in [3.05, 3.63) is 54.6 Å². The molecule has 94 valence electrons. The van der Waals surface area contributed by atoms with Crippen molar-refractivity contribution < 1.29 is 4.74 Å². The van der Waals surface area contributed by atoms with Gasteiger partial charge in [-0.05, 0) is 44.5 Å². The van der Waals surface area contributed by atoms with E-state index in [1.54, 1.807) is 0 Å². The molecule has 0 aliphatic carbocycles. The third-order valence-electron chi connectivity index (χ3n) is 3.76. The summed E-state index contributed by atoms with van der Waals surface area (Å²) < 4.78 is 5.57. The van der Waals surface area contributed by atoms with Gasteiger partial charge in [0.25, 0.3) is 0 Å². The van der Waals surface area contributed by atoms with E-state index in [1.165, 1.54) is 32.3 Å². The number of hydrogen-bond donors (Lipinski definition) is 0. The smallest absolute Gasteiger partial charge is 0.148 e. The van der Waals surface area contributed by atoms with Gasteiger partial charge in [0.15, 0.2) is 0 Å². The first-order valence-electron chi connectivity index (χ1n) is 6.61. The molecule has 0 amide bonds. The van der Waals surface area contributed by atoms with Crippen molar-refractivity contribution >= 4 is 32.3 Å². The Hall–Kier alpha value is -2.72. The van der Waals surface area contributed by atoms with E-state index in [0.29, 0.717) is 6.61 Å². The quantitative estimate of drug-likeness (QED) is 0.376. The number of benzene rings is 4. The van der Waals surface area contributed by atoms with E-state index in [0.717, 1.165) is 5.75 Å². The van der Waals surface area contributed by atoms with Gasteiger partial charge < -0.3 is 4.74 Å². The highest BCUT2D eigenvalue weighted by molar-refractivity contribution is 6.23. The average Bonchev–Trinajstić information content (AvgIpc) is 2.50.